The van der Waals surface area contributed by atoms with Gasteiger partial charge in [-0.25, -0.2) is 4.79 Å². The van der Waals surface area contributed by atoms with Crippen molar-refractivity contribution in [3.63, 3.8) is 0 Å². The molecule has 0 spiro atoms. The number of benzene rings is 2. The van der Waals surface area contributed by atoms with Crippen LogP contribution in [0.15, 0.2) is 54.6 Å². The fraction of sp³-hybridized carbons (Fsp3) is 0.467. The monoisotopic (exact) mass is 555 g/mol. The molecule has 1 amide bonds. The van der Waals surface area contributed by atoms with Crippen molar-refractivity contribution in [1.82, 2.24) is 4.90 Å². The van der Waals surface area contributed by atoms with Gasteiger partial charge in [0.25, 0.3) is 0 Å². The predicted octanol–water partition coefficient (Wildman–Crippen LogP) is 3.30. The average molecular weight is 556 g/mol. The highest BCUT2D eigenvalue weighted by molar-refractivity contribution is 6.09. The number of carbonyl (C=O) groups excluding carboxylic acids is 4. The smallest absolute Gasteiger partial charge is 0.335 e. The van der Waals surface area contributed by atoms with E-state index in [1.165, 1.54) is 4.90 Å². The second-order valence-electron chi connectivity index (χ2n) is 9.22. The number of hydrogen-bond acceptors (Lipinski definition) is 9. The van der Waals surface area contributed by atoms with Crippen LogP contribution >= 0.6 is 0 Å². The molecule has 10 heteroatoms. The summed E-state index contributed by atoms with van der Waals surface area (Å²) in [5, 5.41) is 0. The minimum atomic E-state index is -1.83. The Bertz CT molecular complexity index is 1150. The predicted molar refractivity (Wildman–Crippen MR) is 144 cm³/mol. The van der Waals surface area contributed by atoms with Crippen LogP contribution in [0.3, 0.4) is 0 Å². The van der Waals surface area contributed by atoms with Crippen molar-refractivity contribution in [2.75, 3.05) is 26.9 Å². The van der Waals surface area contributed by atoms with Gasteiger partial charge in [-0.05, 0) is 51.0 Å². The second-order valence-corrected chi connectivity index (χ2v) is 9.22. The van der Waals surface area contributed by atoms with Crippen LogP contribution in [0.25, 0.3) is 0 Å². The summed E-state index contributed by atoms with van der Waals surface area (Å²) in [6.07, 6.45) is -0.987. The number of nitrogens with zero attached hydrogens (tertiary/aromatic N) is 1. The standard InChI is InChI=1S/C30H37NO9/c1-6-37-27(33)24(28(34)38-7-2)25-26(32)31(18-21-14-16-23(36-5)17-15-21)30(25,29(35)39-8-3)20(4)40-19-22-12-10-9-11-13-22/h9-17,20,24-25H,6-8,18-19H2,1-5H3/t20-,25+,30+/m1/s1. The quantitative estimate of drug-likeness (QED) is 0.150. The molecule has 1 aliphatic heterocycles. The molecule has 0 N–H and O–H groups in total. The van der Waals surface area contributed by atoms with Gasteiger partial charge in [0.05, 0.1) is 45.6 Å². The third-order valence-electron chi connectivity index (χ3n) is 6.93. The van der Waals surface area contributed by atoms with Crippen LogP contribution < -0.4 is 4.74 Å². The Labute approximate surface area is 234 Å². The van der Waals surface area contributed by atoms with E-state index in [1.54, 1.807) is 59.1 Å². The van der Waals surface area contributed by atoms with Crippen LogP contribution in [0.4, 0.5) is 0 Å². The zero-order valence-corrected chi connectivity index (χ0v) is 23.6. The van der Waals surface area contributed by atoms with Crippen LogP contribution in [0.5, 0.6) is 5.75 Å². The molecule has 216 valence electrons. The first-order chi connectivity index (χ1) is 19.3. The van der Waals surface area contributed by atoms with Crippen LogP contribution in [0.1, 0.15) is 38.8 Å². The van der Waals surface area contributed by atoms with Gasteiger partial charge in [0.1, 0.15) is 5.75 Å². The Morgan fingerprint density at radius 3 is 1.95 bits per heavy atom. The summed E-state index contributed by atoms with van der Waals surface area (Å²) in [4.78, 5) is 55.4. The van der Waals surface area contributed by atoms with Gasteiger partial charge in [0.15, 0.2) is 11.5 Å². The molecule has 10 nitrogen and oxygen atoms in total. The number of likely N-dealkylation sites (tertiary alicyclic amines) is 1. The zero-order valence-electron chi connectivity index (χ0n) is 23.6. The van der Waals surface area contributed by atoms with Crippen molar-refractivity contribution >= 4 is 23.8 Å². The molecule has 2 aromatic carbocycles. The molecule has 40 heavy (non-hydrogen) atoms. The van der Waals surface area contributed by atoms with Crippen LogP contribution in [-0.2, 0) is 51.3 Å². The van der Waals surface area contributed by atoms with E-state index in [0.717, 1.165) is 5.56 Å². The average Bonchev–Trinajstić information content (AvgIpc) is 2.96. The molecule has 0 unspecified atom stereocenters. The van der Waals surface area contributed by atoms with E-state index in [2.05, 4.69) is 0 Å². The summed E-state index contributed by atoms with van der Waals surface area (Å²) in [5.41, 5.74) is -0.295. The minimum Gasteiger partial charge on any atom is -0.497 e. The topological polar surface area (TPSA) is 118 Å². The minimum absolute atomic E-state index is 0.00441. The molecule has 1 saturated heterocycles. The number of rotatable bonds is 14. The third-order valence-corrected chi connectivity index (χ3v) is 6.93. The summed E-state index contributed by atoms with van der Waals surface area (Å²) < 4.78 is 27.3. The molecule has 3 rings (SSSR count). The Hall–Kier alpha value is -3.92. The van der Waals surface area contributed by atoms with E-state index in [-0.39, 0.29) is 33.0 Å². The van der Waals surface area contributed by atoms with Crippen LogP contribution in [0, 0.1) is 11.8 Å². The highest BCUT2D eigenvalue weighted by Crippen LogP contribution is 2.49. The number of ether oxygens (including phenoxy) is 5. The lowest BCUT2D eigenvalue weighted by Crippen LogP contribution is -2.81. The van der Waals surface area contributed by atoms with Crippen LogP contribution in [0.2, 0.25) is 0 Å². The van der Waals surface area contributed by atoms with Crippen molar-refractivity contribution < 1.29 is 42.9 Å². The van der Waals surface area contributed by atoms with Crippen molar-refractivity contribution in [2.45, 2.75) is 52.5 Å². The van der Waals surface area contributed by atoms with Gasteiger partial charge in [-0.1, -0.05) is 42.5 Å². The maximum absolute atomic E-state index is 13.9. The Morgan fingerprint density at radius 1 is 0.850 bits per heavy atom. The van der Waals surface area contributed by atoms with Crippen LogP contribution in [-0.4, -0.2) is 67.3 Å². The second kappa shape index (κ2) is 13.9. The number of esters is 3. The van der Waals surface area contributed by atoms with Gasteiger partial charge in [-0.3, -0.25) is 14.4 Å². The van der Waals surface area contributed by atoms with Gasteiger partial charge in [-0.15, -0.1) is 0 Å². The third kappa shape index (κ3) is 6.12. The van der Waals surface area contributed by atoms with Crippen molar-refractivity contribution in [2.24, 2.45) is 11.8 Å². The van der Waals surface area contributed by atoms with Crippen molar-refractivity contribution in [3.05, 3.63) is 65.7 Å². The first kappa shape index (κ1) is 30.6. The number of carbonyl (C=O) groups is 4. The van der Waals surface area contributed by atoms with E-state index in [0.29, 0.717) is 11.3 Å². The summed E-state index contributed by atoms with van der Waals surface area (Å²) in [6, 6.07) is 16.3. The van der Waals surface area contributed by atoms with E-state index in [9.17, 15) is 19.2 Å². The number of β-lactam (4-membered cyclic amide) rings is 1. The van der Waals surface area contributed by atoms with Crippen molar-refractivity contribution in [3.8, 4) is 5.75 Å². The number of amides is 1. The van der Waals surface area contributed by atoms with Gasteiger partial charge in [0.2, 0.25) is 5.91 Å². The normalized spacial score (nSPS) is 19.0. The fourth-order valence-electron chi connectivity index (χ4n) is 5.04. The summed E-state index contributed by atoms with van der Waals surface area (Å²) >= 11 is 0. The van der Waals surface area contributed by atoms with Gasteiger partial charge in [-0.2, -0.15) is 0 Å². The Kier molecular flexibility index (Phi) is 10.7. The molecule has 3 atom stereocenters. The molecular weight excluding hydrogens is 518 g/mol. The first-order valence-electron chi connectivity index (χ1n) is 13.4. The summed E-state index contributed by atoms with van der Waals surface area (Å²) in [6.45, 7) is 6.50. The lowest BCUT2D eigenvalue weighted by molar-refractivity contribution is -0.222. The fourth-order valence-corrected chi connectivity index (χ4v) is 5.04. The summed E-state index contributed by atoms with van der Waals surface area (Å²) in [7, 11) is 1.54. The lowest BCUT2D eigenvalue weighted by atomic mass is 9.63. The Balaban J connectivity index is 2.12. The number of hydrogen-bond donors (Lipinski definition) is 0. The molecule has 0 saturated carbocycles. The molecule has 0 aliphatic carbocycles. The first-order valence-corrected chi connectivity index (χ1v) is 13.4. The van der Waals surface area contributed by atoms with E-state index in [1.807, 2.05) is 30.3 Å². The van der Waals surface area contributed by atoms with E-state index >= 15 is 0 Å². The van der Waals surface area contributed by atoms with E-state index in [4.69, 9.17) is 23.7 Å². The molecule has 1 aliphatic rings. The SMILES string of the molecule is CCOC(=O)C(C(=O)OCC)[C@H]1C(=O)N(Cc2ccc(OC)cc2)[C@@]1(C(=O)OCC)[C@@H](C)OCc1ccccc1. The summed E-state index contributed by atoms with van der Waals surface area (Å²) in [5.74, 6) is -5.81. The molecule has 0 aromatic heterocycles. The maximum atomic E-state index is 13.9. The zero-order chi connectivity index (χ0) is 29.3. The molecule has 1 fully saturated rings. The molecule has 2 aromatic rings. The molecule has 1 heterocycles. The van der Waals surface area contributed by atoms with Gasteiger partial charge >= 0.3 is 17.9 Å². The molecule has 0 bridgehead atoms. The lowest BCUT2D eigenvalue weighted by Gasteiger charge is -2.58. The Morgan fingerprint density at radius 2 is 1.43 bits per heavy atom. The highest BCUT2D eigenvalue weighted by atomic mass is 16.6. The van der Waals surface area contributed by atoms with Gasteiger partial charge in [0, 0.05) is 6.54 Å². The van der Waals surface area contributed by atoms with Crippen molar-refractivity contribution in [1.29, 1.82) is 0 Å². The highest BCUT2D eigenvalue weighted by Gasteiger charge is 2.73. The molecule has 0 radical (unpaired) electrons. The van der Waals surface area contributed by atoms with E-state index < -0.39 is 47.3 Å². The number of methoxy groups -OCH3 is 1. The largest absolute Gasteiger partial charge is 0.497 e. The molecular formula is C30H37NO9. The van der Waals surface area contributed by atoms with Gasteiger partial charge < -0.3 is 28.6 Å². The maximum Gasteiger partial charge on any atom is 0.335 e.